The molecule has 3 rings (SSSR count). The third-order valence-corrected chi connectivity index (χ3v) is 5.49. The highest BCUT2D eigenvalue weighted by Crippen LogP contribution is 2.17. The van der Waals surface area contributed by atoms with Gasteiger partial charge in [0.2, 0.25) is 5.91 Å². The Morgan fingerprint density at radius 3 is 2.83 bits per heavy atom. The number of hydrogen-bond acceptors (Lipinski definition) is 5. The van der Waals surface area contributed by atoms with Gasteiger partial charge < -0.3 is 19.9 Å². The molecular weight excluding hydrogens is 483 g/mol. The van der Waals surface area contributed by atoms with Gasteiger partial charge in [-0.1, -0.05) is 6.07 Å². The zero-order valence-electron chi connectivity index (χ0n) is 17.4. The minimum atomic E-state index is 0. The third-order valence-electron chi connectivity index (χ3n) is 5.49. The maximum atomic E-state index is 12.5. The molecule has 2 aliphatic heterocycles. The molecule has 1 N–H and O–H groups in total. The molecule has 1 aromatic rings. The van der Waals surface area contributed by atoms with Gasteiger partial charge in [0.25, 0.3) is 0 Å². The highest BCUT2D eigenvalue weighted by atomic mass is 127. The quantitative estimate of drug-likeness (QED) is 0.341. The van der Waals surface area contributed by atoms with E-state index >= 15 is 0 Å². The first-order valence-electron chi connectivity index (χ1n) is 10.1. The fourth-order valence-corrected chi connectivity index (χ4v) is 3.75. The summed E-state index contributed by atoms with van der Waals surface area (Å²) in [5.74, 6) is 0.864. The van der Waals surface area contributed by atoms with Gasteiger partial charge in [-0.15, -0.1) is 24.0 Å². The van der Waals surface area contributed by atoms with Gasteiger partial charge in [-0.2, -0.15) is 0 Å². The summed E-state index contributed by atoms with van der Waals surface area (Å²) in [6.45, 7) is 6.47. The number of amides is 1. The number of halogens is 1. The lowest BCUT2D eigenvalue weighted by Gasteiger charge is -2.32. The summed E-state index contributed by atoms with van der Waals surface area (Å²) in [6.07, 6.45) is 3.66. The number of pyridine rings is 1. The number of ether oxygens (including phenoxy) is 1. The van der Waals surface area contributed by atoms with Gasteiger partial charge in [0, 0.05) is 71.2 Å². The van der Waals surface area contributed by atoms with Crippen molar-refractivity contribution in [3.05, 3.63) is 30.1 Å². The van der Waals surface area contributed by atoms with Crippen molar-refractivity contribution in [1.82, 2.24) is 25.0 Å². The van der Waals surface area contributed by atoms with Crippen LogP contribution in [-0.2, 0) is 16.0 Å². The summed E-state index contributed by atoms with van der Waals surface area (Å²) < 4.78 is 5.45. The van der Waals surface area contributed by atoms with Crippen molar-refractivity contribution < 1.29 is 9.53 Å². The molecule has 2 fully saturated rings. The molecule has 0 saturated carbocycles. The molecule has 1 aromatic heterocycles. The highest BCUT2D eigenvalue weighted by molar-refractivity contribution is 14.0. The molecule has 1 atom stereocenters. The van der Waals surface area contributed by atoms with Crippen LogP contribution in [0.2, 0.25) is 0 Å². The number of guanidine groups is 1. The minimum Gasteiger partial charge on any atom is -0.379 e. The van der Waals surface area contributed by atoms with Crippen LogP contribution in [0, 0.1) is 0 Å². The number of carbonyl (C=O) groups excluding carboxylic acids is 1. The Balaban J connectivity index is 0.00000300. The number of hydrogen-bond donors (Lipinski definition) is 1. The average Bonchev–Trinajstić information content (AvgIpc) is 3.24. The van der Waals surface area contributed by atoms with Crippen molar-refractivity contribution in [2.24, 2.45) is 4.99 Å². The van der Waals surface area contributed by atoms with Gasteiger partial charge in [0.15, 0.2) is 5.96 Å². The van der Waals surface area contributed by atoms with E-state index in [1.165, 1.54) is 0 Å². The first kappa shape index (κ1) is 23.8. The minimum absolute atomic E-state index is 0. The van der Waals surface area contributed by atoms with Crippen LogP contribution in [0.1, 0.15) is 12.1 Å². The standard InChI is InChI=1S/C20H32N6O2.HI/c1-21-20(26-10-7-18(16-26)25-11-13-28-14-12-25)23-15-19(27)24(2)9-6-17-5-3-4-8-22-17;/h3-5,8,18H,6-7,9-16H2,1-2H3,(H,21,23);1H. The van der Waals surface area contributed by atoms with E-state index in [-0.39, 0.29) is 36.4 Å². The SMILES string of the molecule is CN=C(NCC(=O)N(C)CCc1ccccn1)N1CCC(N2CCOCC2)C1.I. The number of likely N-dealkylation sites (tertiary alicyclic amines) is 1. The largest absolute Gasteiger partial charge is 0.379 e. The van der Waals surface area contributed by atoms with E-state index in [4.69, 9.17) is 4.74 Å². The summed E-state index contributed by atoms with van der Waals surface area (Å²) >= 11 is 0. The first-order chi connectivity index (χ1) is 13.7. The number of aromatic nitrogens is 1. The molecule has 8 nitrogen and oxygen atoms in total. The van der Waals surface area contributed by atoms with E-state index in [0.717, 1.165) is 63.9 Å². The average molecular weight is 516 g/mol. The van der Waals surface area contributed by atoms with Gasteiger partial charge in [-0.3, -0.25) is 19.7 Å². The molecule has 0 spiro atoms. The maximum Gasteiger partial charge on any atom is 0.241 e. The van der Waals surface area contributed by atoms with Crippen LogP contribution < -0.4 is 5.32 Å². The second kappa shape index (κ2) is 12.3. The number of carbonyl (C=O) groups is 1. The van der Waals surface area contributed by atoms with Crippen LogP contribution in [0.3, 0.4) is 0 Å². The Bertz CT molecular complexity index is 654. The molecule has 0 aliphatic carbocycles. The number of nitrogens with zero attached hydrogens (tertiary/aromatic N) is 5. The van der Waals surface area contributed by atoms with E-state index in [1.807, 2.05) is 25.2 Å². The Morgan fingerprint density at radius 2 is 2.14 bits per heavy atom. The van der Waals surface area contributed by atoms with E-state index in [9.17, 15) is 4.79 Å². The van der Waals surface area contributed by atoms with Gasteiger partial charge >= 0.3 is 0 Å². The molecule has 29 heavy (non-hydrogen) atoms. The predicted molar refractivity (Wildman–Crippen MR) is 125 cm³/mol. The molecule has 0 radical (unpaired) electrons. The summed E-state index contributed by atoms with van der Waals surface area (Å²) in [7, 11) is 3.61. The summed E-state index contributed by atoms with van der Waals surface area (Å²) in [5, 5.41) is 3.24. The van der Waals surface area contributed by atoms with E-state index in [1.54, 1.807) is 18.1 Å². The van der Waals surface area contributed by atoms with Crippen LogP contribution in [0.5, 0.6) is 0 Å². The summed E-state index contributed by atoms with van der Waals surface area (Å²) in [4.78, 5) is 27.6. The normalized spacial score (nSPS) is 20.3. The van der Waals surface area contributed by atoms with Crippen molar-refractivity contribution in [1.29, 1.82) is 0 Å². The molecule has 0 aromatic carbocycles. The maximum absolute atomic E-state index is 12.5. The predicted octanol–water partition coefficient (Wildman–Crippen LogP) is 0.682. The number of aliphatic imine (C=N–C) groups is 1. The second-order valence-electron chi connectivity index (χ2n) is 7.32. The monoisotopic (exact) mass is 516 g/mol. The zero-order chi connectivity index (χ0) is 19.8. The van der Waals surface area contributed by atoms with Gasteiger partial charge in [0.1, 0.15) is 0 Å². The molecule has 9 heteroatoms. The topological polar surface area (TPSA) is 73.3 Å². The molecule has 1 unspecified atom stereocenters. The Labute approximate surface area is 190 Å². The van der Waals surface area contributed by atoms with Crippen molar-refractivity contribution >= 4 is 35.8 Å². The smallest absolute Gasteiger partial charge is 0.241 e. The van der Waals surface area contributed by atoms with Crippen molar-refractivity contribution in [3.63, 3.8) is 0 Å². The van der Waals surface area contributed by atoms with Crippen LogP contribution in [0.25, 0.3) is 0 Å². The van der Waals surface area contributed by atoms with Crippen molar-refractivity contribution in [2.75, 3.05) is 66.6 Å². The first-order valence-corrected chi connectivity index (χ1v) is 10.1. The molecule has 2 aliphatic rings. The lowest BCUT2D eigenvalue weighted by molar-refractivity contribution is -0.128. The summed E-state index contributed by atoms with van der Waals surface area (Å²) in [6, 6.07) is 6.39. The number of morpholine rings is 1. The Morgan fingerprint density at radius 1 is 1.34 bits per heavy atom. The zero-order valence-corrected chi connectivity index (χ0v) is 19.7. The van der Waals surface area contributed by atoms with Crippen molar-refractivity contribution in [3.8, 4) is 0 Å². The molecular formula is C20H33IN6O2. The number of nitrogens with one attached hydrogen (secondary N) is 1. The van der Waals surface area contributed by atoms with Gasteiger partial charge in [-0.05, 0) is 18.6 Å². The molecule has 2 saturated heterocycles. The Kier molecular flexibility index (Phi) is 10.1. The van der Waals surface area contributed by atoms with E-state index in [2.05, 4.69) is 25.1 Å². The summed E-state index contributed by atoms with van der Waals surface area (Å²) in [5.41, 5.74) is 0.997. The van der Waals surface area contributed by atoms with Crippen LogP contribution >= 0.6 is 24.0 Å². The molecule has 162 valence electrons. The highest BCUT2D eigenvalue weighted by Gasteiger charge is 2.30. The lowest BCUT2D eigenvalue weighted by atomic mass is 10.2. The number of likely N-dealkylation sites (N-methyl/N-ethyl adjacent to an activating group) is 1. The van der Waals surface area contributed by atoms with Crippen LogP contribution in [-0.4, -0.2) is 104 Å². The molecule has 3 heterocycles. The van der Waals surface area contributed by atoms with Gasteiger partial charge in [-0.25, -0.2) is 0 Å². The second-order valence-corrected chi connectivity index (χ2v) is 7.32. The number of rotatable bonds is 6. The fourth-order valence-electron chi connectivity index (χ4n) is 3.75. The van der Waals surface area contributed by atoms with Gasteiger partial charge in [0.05, 0.1) is 19.8 Å². The Hall–Kier alpha value is -1.46. The van der Waals surface area contributed by atoms with Crippen LogP contribution in [0.4, 0.5) is 0 Å². The van der Waals surface area contributed by atoms with E-state index in [0.29, 0.717) is 12.6 Å². The van der Waals surface area contributed by atoms with Crippen LogP contribution in [0.15, 0.2) is 29.4 Å². The van der Waals surface area contributed by atoms with Crippen molar-refractivity contribution in [2.45, 2.75) is 18.9 Å². The van der Waals surface area contributed by atoms with E-state index < -0.39 is 0 Å². The fraction of sp³-hybridized carbons (Fsp3) is 0.650. The molecule has 0 bridgehead atoms. The molecule has 1 amide bonds. The third kappa shape index (κ3) is 7.07. The lowest BCUT2D eigenvalue weighted by Crippen LogP contribution is -2.48.